The van der Waals surface area contributed by atoms with Crippen LogP contribution in [0.3, 0.4) is 0 Å². The summed E-state index contributed by atoms with van der Waals surface area (Å²) in [5.74, 6) is 0.712. The average Bonchev–Trinajstić information content (AvgIpc) is 2.61. The van der Waals surface area contributed by atoms with Gasteiger partial charge in [-0.2, -0.15) is 0 Å². The van der Waals surface area contributed by atoms with Gasteiger partial charge in [0.05, 0.1) is 20.6 Å². The Morgan fingerprint density at radius 1 is 0.667 bits per heavy atom. The molecule has 0 amide bonds. The molecule has 0 aliphatic heterocycles. The maximum atomic E-state index is 10.2. The first-order valence-corrected chi connectivity index (χ1v) is 12.6. The lowest BCUT2D eigenvalue weighted by molar-refractivity contribution is -0.893. The number of hydrogen-bond acceptors (Lipinski definition) is 1. The molecule has 0 rings (SSSR count). The number of aliphatic hydroxyl groups excluding tert-OH is 1. The van der Waals surface area contributed by atoms with Crippen LogP contribution in [-0.4, -0.2) is 48.8 Å². The van der Waals surface area contributed by atoms with Crippen molar-refractivity contribution >= 4 is 11.6 Å². The highest BCUT2D eigenvalue weighted by atomic mass is 35.5. The van der Waals surface area contributed by atoms with Crippen LogP contribution < -0.4 is 0 Å². The average molecular weight is 405 g/mol. The van der Waals surface area contributed by atoms with E-state index in [0.717, 1.165) is 30.3 Å². The Morgan fingerprint density at radius 2 is 1.11 bits per heavy atom. The molecular formula is C24H51ClNO+. The summed E-state index contributed by atoms with van der Waals surface area (Å²) in [5.41, 5.74) is 0. The third-order valence-electron chi connectivity index (χ3n) is 5.74. The fourth-order valence-corrected chi connectivity index (χ4v) is 4.15. The zero-order valence-electron chi connectivity index (χ0n) is 19.0. The molecule has 0 aromatic rings. The van der Waals surface area contributed by atoms with Gasteiger partial charge in [0.25, 0.3) is 0 Å². The van der Waals surface area contributed by atoms with Gasteiger partial charge in [-0.05, 0) is 32.1 Å². The minimum absolute atomic E-state index is 0.171. The normalized spacial score (nSPS) is 13.2. The quantitative estimate of drug-likeness (QED) is 0.121. The first-order valence-electron chi connectivity index (χ1n) is 12.1. The molecule has 0 saturated heterocycles. The largest absolute Gasteiger partial charge is 0.387 e. The van der Waals surface area contributed by atoms with Crippen molar-refractivity contribution in [2.24, 2.45) is 0 Å². The maximum Gasteiger partial charge on any atom is 0.105 e. The smallest absolute Gasteiger partial charge is 0.105 e. The predicted molar refractivity (Wildman–Crippen MR) is 123 cm³/mol. The minimum atomic E-state index is -0.171. The SMILES string of the molecule is CCCCCCCCCCCCCCCC[N+](C)(C)CC(O)CCCCCl. The highest BCUT2D eigenvalue weighted by Gasteiger charge is 2.19. The first-order chi connectivity index (χ1) is 13.0. The molecule has 0 spiro atoms. The summed E-state index contributed by atoms with van der Waals surface area (Å²) >= 11 is 5.71. The van der Waals surface area contributed by atoms with E-state index in [9.17, 15) is 5.11 Å². The topological polar surface area (TPSA) is 20.2 Å². The van der Waals surface area contributed by atoms with Crippen LogP contribution in [0.2, 0.25) is 0 Å². The number of aliphatic hydroxyl groups is 1. The van der Waals surface area contributed by atoms with E-state index in [4.69, 9.17) is 11.6 Å². The molecular weight excluding hydrogens is 354 g/mol. The van der Waals surface area contributed by atoms with Crippen molar-refractivity contribution in [1.29, 1.82) is 0 Å². The molecule has 164 valence electrons. The van der Waals surface area contributed by atoms with Gasteiger partial charge < -0.3 is 9.59 Å². The second kappa shape index (κ2) is 19.5. The summed E-state index contributed by atoms with van der Waals surface area (Å²) in [6, 6.07) is 0. The van der Waals surface area contributed by atoms with Crippen LogP contribution in [-0.2, 0) is 0 Å². The molecule has 27 heavy (non-hydrogen) atoms. The Labute approximate surface area is 176 Å². The molecule has 0 aliphatic rings. The van der Waals surface area contributed by atoms with Crippen LogP contribution >= 0.6 is 11.6 Å². The van der Waals surface area contributed by atoms with Crippen LogP contribution in [0, 0.1) is 0 Å². The number of alkyl halides is 1. The molecule has 2 nitrogen and oxygen atoms in total. The Hall–Kier alpha value is 0.210. The third kappa shape index (κ3) is 20.7. The Kier molecular flexibility index (Phi) is 19.7. The molecule has 0 aromatic heterocycles. The van der Waals surface area contributed by atoms with E-state index < -0.39 is 0 Å². The first kappa shape index (κ1) is 27.2. The number of nitrogens with zero attached hydrogens (tertiary/aromatic N) is 1. The Morgan fingerprint density at radius 3 is 1.56 bits per heavy atom. The lowest BCUT2D eigenvalue weighted by Gasteiger charge is -2.32. The molecule has 0 saturated carbocycles. The number of unbranched alkanes of at least 4 members (excludes halogenated alkanes) is 14. The molecule has 1 atom stereocenters. The van der Waals surface area contributed by atoms with Crippen LogP contribution in [0.1, 0.15) is 116 Å². The van der Waals surface area contributed by atoms with E-state index in [1.54, 1.807) is 0 Å². The fourth-order valence-electron chi connectivity index (χ4n) is 3.96. The van der Waals surface area contributed by atoms with Gasteiger partial charge in [0, 0.05) is 5.88 Å². The number of quaternary nitrogens is 1. The standard InChI is InChI=1S/C24H51ClNO/c1-4-5-6-7-8-9-10-11-12-13-14-15-16-19-22-26(2,3)23-24(27)20-17-18-21-25/h24,27H,4-23H2,1-3H3/q+1. The van der Waals surface area contributed by atoms with Gasteiger partial charge in [-0.15, -0.1) is 11.6 Å². The highest BCUT2D eigenvalue weighted by molar-refractivity contribution is 6.17. The maximum absolute atomic E-state index is 10.2. The second-order valence-electron chi connectivity index (χ2n) is 9.28. The summed E-state index contributed by atoms with van der Waals surface area (Å²) in [6.07, 6.45) is 22.6. The number of likely N-dealkylation sites (N-methyl/N-ethyl adjacent to an activating group) is 1. The van der Waals surface area contributed by atoms with E-state index in [0.29, 0.717) is 5.88 Å². The van der Waals surface area contributed by atoms with E-state index in [1.807, 2.05) is 0 Å². The highest BCUT2D eigenvalue weighted by Crippen LogP contribution is 2.14. The summed E-state index contributed by atoms with van der Waals surface area (Å²) in [7, 11) is 4.51. The number of halogens is 1. The van der Waals surface area contributed by atoms with E-state index in [2.05, 4.69) is 21.0 Å². The van der Waals surface area contributed by atoms with Gasteiger partial charge >= 0.3 is 0 Å². The lowest BCUT2D eigenvalue weighted by atomic mass is 10.0. The molecule has 3 heteroatoms. The monoisotopic (exact) mass is 404 g/mol. The zero-order chi connectivity index (χ0) is 20.2. The molecule has 0 aliphatic carbocycles. The van der Waals surface area contributed by atoms with Gasteiger partial charge in [0.1, 0.15) is 12.6 Å². The van der Waals surface area contributed by atoms with Crippen LogP contribution in [0.15, 0.2) is 0 Å². The summed E-state index contributed by atoms with van der Waals surface area (Å²) in [4.78, 5) is 0. The predicted octanol–water partition coefficient (Wildman–Crippen LogP) is 7.31. The number of hydrogen-bond donors (Lipinski definition) is 1. The van der Waals surface area contributed by atoms with Crippen molar-refractivity contribution in [3.05, 3.63) is 0 Å². The van der Waals surface area contributed by atoms with Crippen molar-refractivity contribution in [2.75, 3.05) is 33.1 Å². The van der Waals surface area contributed by atoms with E-state index in [-0.39, 0.29) is 6.10 Å². The second-order valence-corrected chi connectivity index (χ2v) is 9.65. The van der Waals surface area contributed by atoms with Gasteiger partial charge in [-0.25, -0.2) is 0 Å². The van der Waals surface area contributed by atoms with E-state index in [1.165, 1.54) is 96.4 Å². The molecule has 0 heterocycles. The number of rotatable bonds is 21. The van der Waals surface area contributed by atoms with Gasteiger partial charge in [-0.1, -0.05) is 84.0 Å². The lowest BCUT2D eigenvalue weighted by Crippen LogP contribution is -2.46. The Balaban J connectivity index is 3.37. The third-order valence-corrected chi connectivity index (χ3v) is 6.01. The fraction of sp³-hybridized carbons (Fsp3) is 1.00. The Bertz CT molecular complexity index is 296. The van der Waals surface area contributed by atoms with Crippen molar-refractivity contribution in [3.8, 4) is 0 Å². The molecule has 1 unspecified atom stereocenters. The van der Waals surface area contributed by atoms with Gasteiger partial charge in [-0.3, -0.25) is 0 Å². The van der Waals surface area contributed by atoms with Crippen molar-refractivity contribution in [2.45, 2.75) is 122 Å². The minimum Gasteiger partial charge on any atom is -0.387 e. The molecule has 0 fully saturated rings. The zero-order valence-corrected chi connectivity index (χ0v) is 19.7. The van der Waals surface area contributed by atoms with Gasteiger partial charge in [0.2, 0.25) is 0 Å². The van der Waals surface area contributed by atoms with Crippen LogP contribution in [0.4, 0.5) is 0 Å². The molecule has 0 radical (unpaired) electrons. The van der Waals surface area contributed by atoms with Crippen molar-refractivity contribution in [3.63, 3.8) is 0 Å². The summed E-state index contributed by atoms with van der Waals surface area (Å²) in [5, 5.41) is 10.2. The molecule has 0 aromatic carbocycles. The van der Waals surface area contributed by atoms with E-state index >= 15 is 0 Å². The summed E-state index contributed by atoms with van der Waals surface area (Å²) < 4.78 is 0.945. The van der Waals surface area contributed by atoms with Crippen LogP contribution in [0.5, 0.6) is 0 Å². The van der Waals surface area contributed by atoms with Crippen LogP contribution in [0.25, 0.3) is 0 Å². The summed E-state index contributed by atoms with van der Waals surface area (Å²) in [6.45, 7) is 4.35. The van der Waals surface area contributed by atoms with Crippen molar-refractivity contribution < 1.29 is 9.59 Å². The van der Waals surface area contributed by atoms with Gasteiger partial charge in [0.15, 0.2) is 0 Å². The molecule has 0 bridgehead atoms. The van der Waals surface area contributed by atoms with Crippen molar-refractivity contribution in [1.82, 2.24) is 0 Å². The molecule has 1 N–H and O–H groups in total.